The van der Waals surface area contributed by atoms with E-state index in [4.69, 9.17) is 21.6 Å². The number of amides is 1. The third-order valence-electron chi connectivity index (χ3n) is 4.48. The van der Waals surface area contributed by atoms with Crippen LogP contribution in [0.1, 0.15) is 30.6 Å². The molecule has 7 heteroatoms. The predicted octanol–water partition coefficient (Wildman–Crippen LogP) is 5.24. The van der Waals surface area contributed by atoms with Crippen LogP contribution in [0.5, 0.6) is 0 Å². The number of halogens is 1. The summed E-state index contributed by atoms with van der Waals surface area (Å²) in [5, 5.41) is 6.32. The van der Waals surface area contributed by atoms with E-state index in [0.717, 1.165) is 41.3 Å². The first-order chi connectivity index (χ1) is 12.7. The second kappa shape index (κ2) is 7.55. The molecule has 1 aromatic carbocycles. The molecule has 1 fully saturated rings. The van der Waals surface area contributed by atoms with E-state index in [1.165, 1.54) is 11.8 Å². The lowest BCUT2D eigenvalue weighted by Gasteiger charge is -2.14. The van der Waals surface area contributed by atoms with Crippen LogP contribution in [0.15, 0.2) is 51.8 Å². The fraction of sp³-hybridized carbons (Fsp3) is 0.316. The number of benzene rings is 1. The molecule has 0 radical (unpaired) electrons. The molecule has 1 amide bonds. The van der Waals surface area contributed by atoms with Gasteiger partial charge in [0, 0.05) is 0 Å². The normalized spacial score (nSPS) is 18.0. The fourth-order valence-corrected chi connectivity index (χ4v) is 5.07. The van der Waals surface area contributed by atoms with Crippen molar-refractivity contribution in [3.8, 4) is 0 Å². The smallest absolute Gasteiger partial charge is 0.234 e. The Balaban J connectivity index is 1.47. The number of anilines is 1. The second-order valence-electron chi connectivity index (χ2n) is 6.36. The van der Waals surface area contributed by atoms with Crippen molar-refractivity contribution in [1.82, 2.24) is 0 Å². The van der Waals surface area contributed by atoms with Gasteiger partial charge in [0.2, 0.25) is 5.91 Å². The Hall–Kier alpha value is -1.63. The summed E-state index contributed by atoms with van der Waals surface area (Å²) in [6, 6.07) is 11.3. The Kier molecular flexibility index (Phi) is 5.16. The van der Waals surface area contributed by atoms with Crippen LogP contribution in [0.25, 0.3) is 0 Å². The molecule has 1 aliphatic heterocycles. The molecule has 4 rings (SSSR count). The van der Waals surface area contributed by atoms with Gasteiger partial charge in [0.1, 0.15) is 10.8 Å². The highest BCUT2D eigenvalue weighted by Crippen LogP contribution is 2.40. The minimum Gasteiger partial charge on any atom is -0.324 e. The van der Waals surface area contributed by atoms with Crippen LogP contribution in [0.3, 0.4) is 0 Å². The molecule has 1 spiro atoms. The van der Waals surface area contributed by atoms with E-state index in [9.17, 15) is 4.79 Å². The van der Waals surface area contributed by atoms with Crippen LogP contribution in [0.4, 0.5) is 5.69 Å². The molecule has 1 N–H and O–H groups in total. The highest BCUT2D eigenvalue weighted by Gasteiger charge is 2.39. The Bertz CT molecular complexity index is 871. The molecule has 2 aliphatic rings. The van der Waals surface area contributed by atoms with Gasteiger partial charge in [0.05, 0.1) is 21.3 Å². The zero-order valence-corrected chi connectivity index (χ0v) is 16.5. The summed E-state index contributed by atoms with van der Waals surface area (Å²) in [6.45, 7) is 0. The first-order valence-electron chi connectivity index (χ1n) is 8.56. The quantitative estimate of drug-likeness (QED) is 0.758. The lowest BCUT2D eigenvalue weighted by molar-refractivity contribution is -0.113. The van der Waals surface area contributed by atoms with Gasteiger partial charge in [-0.25, -0.2) is 4.99 Å². The molecule has 2 heterocycles. The first-order valence-corrected chi connectivity index (χ1v) is 10.8. The lowest BCUT2D eigenvalue weighted by Crippen LogP contribution is -2.17. The van der Waals surface area contributed by atoms with Gasteiger partial charge < -0.3 is 5.32 Å². The highest BCUT2D eigenvalue weighted by atomic mass is 35.5. The van der Waals surface area contributed by atoms with Gasteiger partial charge in [0.25, 0.3) is 0 Å². The number of carbonyl (C=O) groups excluding carboxylic acids is 1. The maximum Gasteiger partial charge on any atom is 0.234 e. The minimum absolute atomic E-state index is 0.0938. The third kappa shape index (κ3) is 3.72. The van der Waals surface area contributed by atoms with E-state index >= 15 is 0 Å². The Morgan fingerprint density at radius 3 is 2.73 bits per heavy atom. The molecule has 26 heavy (non-hydrogen) atoms. The summed E-state index contributed by atoms with van der Waals surface area (Å²) >= 11 is 9.22. The maximum absolute atomic E-state index is 12.3. The molecule has 0 bridgehead atoms. The zero-order chi connectivity index (χ0) is 18.0. The van der Waals surface area contributed by atoms with Gasteiger partial charge in [-0.1, -0.05) is 41.6 Å². The van der Waals surface area contributed by atoms with E-state index in [0.29, 0.717) is 10.7 Å². The van der Waals surface area contributed by atoms with Gasteiger partial charge in [-0.2, -0.15) is 0 Å². The van der Waals surface area contributed by atoms with Crippen LogP contribution in [0, 0.1) is 0 Å². The second-order valence-corrected chi connectivity index (χ2v) is 8.68. The van der Waals surface area contributed by atoms with Crippen molar-refractivity contribution in [2.45, 2.75) is 31.3 Å². The number of aliphatic imine (C=N–C) groups is 2. The molecule has 134 valence electrons. The highest BCUT2D eigenvalue weighted by molar-refractivity contribution is 8.16. The molecule has 2 aromatic rings. The van der Waals surface area contributed by atoms with Crippen molar-refractivity contribution in [3.63, 3.8) is 0 Å². The van der Waals surface area contributed by atoms with Crippen molar-refractivity contribution in [2.75, 3.05) is 11.1 Å². The number of thiophene rings is 1. The standard InChI is InChI=1S/C19H18ClN3OS2/c20-13-6-1-2-7-14(13)21-16(24)12-26-18-17(15-8-5-11-25-15)22-19(23-18)9-3-4-10-19/h1-2,5-8,11H,3-4,9-10,12H2,(H,21,24). The molecule has 4 nitrogen and oxygen atoms in total. The van der Waals surface area contributed by atoms with Crippen molar-refractivity contribution in [3.05, 3.63) is 51.7 Å². The Morgan fingerprint density at radius 2 is 2.00 bits per heavy atom. The van der Waals surface area contributed by atoms with Crippen molar-refractivity contribution in [1.29, 1.82) is 0 Å². The van der Waals surface area contributed by atoms with E-state index in [2.05, 4.69) is 11.4 Å². The summed E-state index contributed by atoms with van der Waals surface area (Å²) in [4.78, 5) is 23.4. The van der Waals surface area contributed by atoms with E-state index in [1.807, 2.05) is 23.6 Å². The fourth-order valence-electron chi connectivity index (χ4n) is 3.24. The SMILES string of the molecule is O=C(CSC1=NC2(CCCC2)N=C1c1cccs1)Nc1ccccc1Cl. The number of hydrogen-bond acceptors (Lipinski definition) is 5. The van der Waals surface area contributed by atoms with Gasteiger partial charge in [-0.05, 0) is 49.3 Å². The minimum atomic E-state index is -0.291. The van der Waals surface area contributed by atoms with Gasteiger partial charge in [-0.3, -0.25) is 9.79 Å². The zero-order valence-electron chi connectivity index (χ0n) is 14.1. The molecule has 0 saturated heterocycles. The first kappa shape index (κ1) is 17.8. The monoisotopic (exact) mass is 403 g/mol. The Labute approximate surface area is 165 Å². The average Bonchev–Trinajstić information content (AvgIpc) is 3.37. The number of para-hydroxylation sites is 1. The molecule has 1 aromatic heterocycles. The molecule has 0 unspecified atom stereocenters. The number of carbonyl (C=O) groups is 1. The third-order valence-corrected chi connectivity index (χ3v) is 6.65. The van der Waals surface area contributed by atoms with Crippen molar-refractivity contribution < 1.29 is 4.79 Å². The number of nitrogens with one attached hydrogen (secondary N) is 1. The van der Waals surface area contributed by atoms with Crippen LogP contribution in [-0.4, -0.2) is 28.1 Å². The molecule has 1 aliphatic carbocycles. The van der Waals surface area contributed by atoms with Crippen LogP contribution >= 0.6 is 34.7 Å². The number of thioether (sulfide) groups is 1. The lowest BCUT2D eigenvalue weighted by atomic mass is 10.1. The summed E-state index contributed by atoms with van der Waals surface area (Å²) in [5.74, 6) is 0.188. The number of nitrogens with zero attached hydrogens (tertiary/aromatic N) is 2. The van der Waals surface area contributed by atoms with Gasteiger partial charge in [-0.15, -0.1) is 11.3 Å². The predicted molar refractivity (Wildman–Crippen MR) is 112 cm³/mol. The van der Waals surface area contributed by atoms with Crippen LogP contribution < -0.4 is 5.32 Å². The van der Waals surface area contributed by atoms with Crippen molar-refractivity contribution >= 4 is 57.0 Å². The molecule has 0 atom stereocenters. The van der Waals surface area contributed by atoms with Crippen LogP contribution in [-0.2, 0) is 4.79 Å². The molecule has 1 saturated carbocycles. The van der Waals surface area contributed by atoms with Gasteiger partial charge >= 0.3 is 0 Å². The summed E-state index contributed by atoms with van der Waals surface area (Å²) in [7, 11) is 0. The number of rotatable bonds is 4. The van der Waals surface area contributed by atoms with E-state index in [1.54, 1.807) is 23.5 Å². The topological polar surface area (TPSA) is 53.8 Å². The molecular weight excluding hydrogens is 386 g/mol. The van der Waals surface area contributed by atoms with Gasteiger partial charge in [0.15, 0.2) is 5.66 Å². The summed E-state index contributed by atoms with van der Waals surface area (Å²) in [6.07, 6.45) is 4.32. The largest absolute Gasteiger partial charge is 0.324 e. The van der Waals surface area contributed by atoms with E-state index in [-0.39, 0.29) is 17.3 Å². The summed E-state index contributed by atoms with van der Waals surface area (Å²) < 4.78 is 0. The number of hydrogen-bond donors (Lipinski definition) is 1. The van der Waals surface area contributed by atoms with Crippen molar-refractivity contribution in [2.24, 2.45) is 9.98 Å². The molecular formula is C19H18ClN3OS2. The maximum atomic E-state index is 12.3. The average molecular weight is 404 g/mol. The Morgan fingerprint density at radius 1 is 1.19 bits per heavy atom. The van der Waals surface area contributed by atoms with Crippen LogP contribution in [0.2, 0.25) is 5.02 Å². The van der Waals surface area contributed by atoms with E-state index < -0.39 is 0 Å². The summed E-state index contributed by atoms with van der Waals surface area (Å²) in [5.41, 5.74) is 1.28.